The van der Waals surface area contributed by atoms with Crippen LogP contribution in [0.15, 0.2) is 78.0 Å². The molecule has 1 aromatic heterocycles. The zero-order valence-corrected chi connectivity index (χ0v) is 24.9. The summed E-state index contributed by atoms with van der Waals surface area (Å²) in [6.07, 6.45) is -3.72. The molecule has 43 heavy (non-hydrogen) atoms. The Morgan fingerprint density at radius 3 is 2.56 bits per heavy atom. The van der Waals surface area contributed by atoms with Crippen molar-refractivity contribution in [2.45, 2.75) is 26.3 Å². The third-order valence-corrected chi connectivity index (χ3v) is 7.51. The van der Waals surface area contributed by atoms with Crippen molar-refractivity contribution in [1.29, 1.82) is 0 Å². The Kier molecular flexibility index (Phi) is 9.01. The van der Waals surface area contributed by atoms with Crippen molar-refractivity contribution in [2.75, 3.05) is 10.7 Å². The van der Waals surface area contributed by atoms with Crippen LogP contribution in [0.5, 0.6) is 5.75 Å². The lowest BCUT2D eigenvalue weighted by atomic mass is 10.1. The number of benzene rings is 3. The second kappa shape index (κ2) is 12.7. The lowest BCUT2D eigenvalue weighted by Crippen LogP contribution is -2.31. The minimum atomic E-state index is -4.76. The fourth-order valence-corrected chi connectivity index (χ4v) is 5.28. The molecule has 1 fully saturated rings. The highest BCUT2D eigenvalue weighted by Crippen LogP contribution is 2.33. The van der Waals surface area contributed by atoms with E-state index in [1.54, 1.807) is 6.07 Å². The van der Waals surface area contributed by atoms with Gasteiger partial charge in [-0.3, -0.25) is 14.5 Å². The summed E-state index contributed by atoms with van der Waals surface area (Å²) < 4.78 is 42.5. The number of hydrogen-bond donors (Lipinski definition) is 1. The van der Waals surface area contributed by atoms with Crippen LogP contribution >= 0.6 is 35.6 Å². The van der Waals surface area contributed by atoms with Crippen molar-refractivity contribution < 1.29 is 27.5 Å². The molecule has 1 amide bonds. The number of amides is 1. The number of aromatic nitrogens is 3. The molecule has 2 heterocycles. The zero-order chi connectivity index (χ0) is 30.7. The second-order valence-corrected chi connectivity index (χ2v) is 10.9. The Hall–Kier alpha value is -3.98. The zero-order valence-electron chi connectivity index (χ0n) is 22.5. The summed E-state index contributed by atoms with van der Waals surface area (Å²) in [5.41, 5.74) is 6.22. The average molecular weight is 647 g/mol. The van der Waals surface area contributed by atoms with Crippen molar-refractivity contribution in [1.82, 2.24) is 20.2 Å². The summed E-state index contributed by atoms with van der Waals surface area (Å²) in [7, 11) is 0. The van der Waals surface area contributed by atoms with Crippen molar-refractivity contribution in [3.63, 3.8) is 0 Å². The number of nitrogens with zero attached hydrogens (tertiary/aromatic N) is 5. The maximum absolute atomic E-state index is 12.6. The van der Waals surface area contributed by atoms with Crippen molar-refractivity contribution in [3.8, 4) is 22.8 Å². The Morgan fingerprint density at radius 1 is 1.14 bits per heavy atom. The van der Waals surface area contributed by atoms with Gasteiger partial charge < -0.3 is 4.74 Å². The number of aryl methyl sites for hydroxylation is 1. The molecule has 1 aliphatic heterocycles. The van der Waals surface area contributed by atoms with Gasteiger partial charge in [0.25, 0.3) is 0 Å². The molecule has 0 aliphatic carbocycles. The van der Waals surface area contributed by atoms with Gasteiger partial charge in [0.2, 0.25) is 11.0 Å². The number of carbonyl (C=O) groups excluding carboxylic acids is 1. The molecule has 3 aromatic carbocycles. The molecular weight excluding hydrogens is 625 g/mol. The molecule has 0 saturated carbocycles. The third kappa shape index (κ3) is 7.51. The summed E-state index contributed by atoms with van der Waals surface area (Å²) >= 11 is 12.9. The molecule has 9 nitrogen and oxygen atoms in total. The molecular formula is C28H22ClF3N6O3S2. The van der Waals surface area contributed by atoms with E-state index < -0.39 is 12.5 Å². The van der Waals surface area contributed by atoms with Crippen LogP contribution in [-0.4, -0.2) is 43.1 Å². The predicted molar refractivity (Wildman–Crippen MR) is 162 cm³/mol. The summed E-state index contributed by atoms with van der Waals surface area (Å²) in [6.45, 7) is 3.73. The van der Waals surface area contributed by atoms with E-state index in [0.717, 1.165) is 16.7 Å². The van der Waals surface area contributed by atoms with Crippen LogP contribution < -0.4 is 15.1 Å². The van der Waals surface area contributed by atoms with Crippen LogP contribution in [0.1, 0.15) is 24.2 Å². The molecule has 4 aromatic rings. The summed E-state index contributed by atoms with van der Waals surface area (Å²) in [5.74, 6) is 0.160. The third-order valence-electron chi connectivity index (χ3n) is 6.09. The van der Waals surface area contributed by atoms with E-state index in [4.69, 9.17) is 28.7 Å². The number of thiocarbonyl (C=S) groups is 1. The van der Waals surface area contributed by atoms with Gasteiger partial charge in [-0.25, -0.2) is 15.1 Å². The Labute approximate surface area is 258 Å². The number of halogens is 4. The number of nitrogens with one attached hydrogen (secondary N) is 1. The number of ether oxygens (including phenoxy) is 1. The summed E-state index contributed by atoms with van der Waals surface area (Å²) in [5, 5.41) is 5.28. The molecule has 1 N–H and O–H groups in total. The molecule has 0 radical (unpaired) electrons. The predicted octanol–water partition coefficient (Wildman–Crippen LogP) is 6.80. The fourth-order valence-electron chi connectivity index (χ4n) is 4.02. The molecule has 1 aliphatic rings. The normalized spacial score (nSPS) is 15.2. The Morgan fingerprint density at radius 2 is 1.86 bits per heavy atom. The highest BCUT2D eigenvalue weighted by Gasteiger charge is 2.32. The number of hydroxylamine groups is 1. The number of rotatable bonds is 7. The van der Waals surface area contributed by atoms with Gasteiger partial charge in [0.05, 0.1) is 22.2 Å². The first-order valence-electron chi connectivity index (χ1n) is 12.6. The van der Waals surface area contributed by atoms with Crippen molar-refractivity contribution in [2.24, 2.45) is 4.99 Å². The smallest absolute Gasteiger partial charge is 0.406 e. The molecule has 15 heteroatoms. The minimum Gasteiger partial charge on any atom is -0.406 e. The monoisotopic (exact) mass is 646 g/mol. The molecule has 5 rings (SSSR count). The van der Waals surface area contributed by atoms with E-state index in [1.165, 1.54) is 51.9 Å². The molecule has 1 saturated heterocycles. The van der Waals surface area contributed by atoms with Gasteiger partial charge >= 0.3 is 6.36 Å². The highest BCUT2D eigenvalue weighted by atomic mass is 35.5. The topological polar surface area (TPSA) is 93.9 Å². The number of anilines is 1. The maximum atomic E-state index is 12.6. The number of carbonyl (C=O) groups is 1. The van der Waals surface area contributed by atoms with Crippen LogP contribution in [0.2, 0.25) is 5.02 Å². The van der Waals surface area contributed by atoms with Gasteiger partial charge in [-0.2, -0.15) is 4.99 Å². The van der Waals surface area contributed by atoms with E-state index in [0.29, 0.717) is 27.4 Å². The lowest BCUT2D eigenvalue weighted by molar-refractivity contribution is -0.274. The first-order chi connectivity index (χ1) is 20.5. The van der Waals surface area contributed by atoms with Crippen LogP contribution in [0.3, 0.4) is 0 Å². The molecule has 1 atom stereocenters. The van der Waals surface area contributed by atoms with E-state index in [1.807, 2.05) is 50.2 Å². The maximum Gasteiger partial charge on any atom is 0.573 e. The van der Waals surface area contributed by atoms with Crippen LogP contribution in [0.4, 0.5) is 18.9 Å². The summed E-state index contributed by atoms with van der Waals surface area (Å²) in [4.78, 5) is 28.4. The van der Waals surface area contributed by atoms with Gasteiger partial charge in [-0.05, 0) is 73.6 Å². The van der Waals surface area contributed by atoms with Gasteiger partial charge in [0, 0.05) is 5.56 Å². The van der Waals surface area contributed by atoms with Gasteiger partial charge in [-0.15, -0.1) is 18.3 Å². The highest BCUT2D eigenvalue weighted by molar-refractivity contribution is 8.15. The Bertz CT molecular complexity index is 1680. The van der Waals surface area contributed by atoms with Crippen molar-refractivity contribution in [3.05, 3.63) is 89.2 Å². The van der Waals surface area contributed by atoms with E-state index in [-0.39, 0.29) is 22.5 Å². The quantitative estimate of drug-likeness (QED) is 0.173. The van der Waals surface area contributed by atoms with E-state index in [9.17, 15) is 18.0 Å². The van der Waals surface area contributed by atoms with Gasteiger partial charge in [0.1, 0.15) is 18.2 Å². The molecule has 0 bridgehead atoms. The SMILES string of the molecule is Cc1ccc(Cl)c(N2C(=O)CS/C2=N\C(=S)NOC(C)c2ccc(-c3ncn(-c4ccc(OC(F)(F)F)cc4)n3)cc2)c1. The van der Waals surface area contributed by atoms with Crippen LogP contribution in [-0.2, 0) is 9.63 Å². The number of alkyl halides is 3. The minimum absolute atomic E-state index is 0.0437. The van der Waals surface area contributed by atoms with E-state index in [2.05, 4.69) is 25.3 Å². The number of amidine groups is 1. The summed E-state index contributed by atoms with van der Waals surface area (Å²) in [6, 6.07) is 18.0. The molecule has 222 valence electrons. The average Bonchev–Trinajstić information content (AvgIpc) is 3.60. The number of hydrogen-bond acceptors (Lipinski definition) is 7. The Balaban J connectivity index is 1.19. The van der Waals surface area contributed by atoms with Crippen LogP contribution in [0, 0.1) is 6.92 Å². The van der Waals surface area contributed by atoms with Crippen molar-refractivity contribution >= 4 is 57.5 Å². The first-order valence-corrected chi connectivity index (χ1v) is 14.4. The van der Waals surface area contributed by atoms with Gasteiger partial charge in [0.15, 0.2) is 11.0 Å². The fraction of sp³-hybridized carbons (Fsp3) is 0.179. The van der Waals surface area contributed by atoms with Crippen LogP contribution in [0.25, 0.3) is 17.1 Å². The largest absolute Gasteiger partial charge is 0.573 e. The number of thioether (sulfide) groups is 1. The lowest BCUT2D eigenvalue weighted by Gasteiger charge is -2.19. The van der Waals surface area contributed by atoms with Gasteiger partial charge in [-0.1, -0.05) is 53.7 Å². The standard InChI is InChI=1S/C28H22ClF3N6O3S2/c1-16-3-12-22(29)23(13-16)38-24(39)14-43-27(38)34-26(42)36-41-17(2)18-4-6-19(7-5-18)25-33-15-37(35-25)20-8-10-21(11-9-20)40-28(30,31)32/h3-13,15,17H,14H2,1-2H3,(H,36,42)/b34-27-. The number of aliphatic imine (C=N–C) groups is 1. The first kappa shape index (κ1) is 30.5. The second-order valence-electron chi connectivity index (χ2n) is 9.21. The molecule has 0 spiro atoms. The van der Waals surface area contributed by atoms with E-state index >= 15 is 0 Å². The molecule has 1 unspecified atom stereocenters.